The zero-order valence-corrected chi connectivity index (χ0v) is 15.2. The van der Waals surface area contributed by atoms with E-state index in [1.165, 1.54) is 18.2 Å². The van der Waals surface area contributed by atoms with Gasteiger partial charge >= 0.3 is 0 Å². The highest BCUT2D eigenvalue weighted by molar-refractivity contribution is 7.11. The molecule has 0 aliphatic rings. The normalized spacial score (nSPS) is 10.6. The Kier molecular flexibility index (Phi) is 5.46. The Morgan fingerprint density at radius 2 is 1.32 bits per heavy atom. The summed E-state index contributed by atoms with van der Waals surface area (Å²) in [5.74, 6) is -1.18. The third-order valence-corrected chi connectivity index (χ3v) is 5.61. The van der Waals surface area contributed by atoms with E-state index in [1.54, 1.807) is 39.7 Å². The molecular weight excluding hydrogens is 356 g/mol. The molecule has 0 bridgehead atoms. The van der Waals surface area contributed by atoms with Gasteiger partial charge in [0.05, 0.1) is 11.4 Å². The summed E-state index contributed by atoms with van der Waals surface area (Å²) in [6, 6.07) is 7.73. The molecule has 1 aromatic carbocycles. The first kappa shape index (κ1) is 17.6. The Labute approximate surface area is 154 Å². The highest BCUT2D eigenvalue weighted by atomic mass is 32.1. The van der Waals surface area contributed by atoms with Gasteiger partial charge in [-0.2, -0.15) is 0 Å². The van der Waals surface area contributed by atoms with E-state index in [0.29, 0.717) is 12.8 Å². The van der Waals surface area contributed by atoms with Gasteiger partial charge in [0.25, 0.3) is 0 Å². The first-order valence-corrected chi connectivity index (χ1v) is 9.52. The number of anilines is 3. The van der Waals surface area contributed by atoms with E-state index in [1.807, 2.05) is 22.9 Å². The molecule has 2 heterocycles. The molecular formula is C20H17F2NS2. The molecule has 0 saturated heterocycles. The van der Waals surface area contributed by atoms with E-state index in [2.05, 4.69) is 13.2 Å². The zero-order valence-electron chi connectivity index (χ0n) is 13.5. The van der Waals surface area contributed by atoms with Crippen molar-refractivity contribution in [3.05, 3.63) is 87.8 Å². The number of para-hydroxylation sites is 1. The van der Waals surface area contributed by atoms with Gasteiger partial charge in [0.2, 0.25) is 0 Å². The molecule has 0 amide bonds. The number of thiophene rings is 2. The van der Waals surface area contributed by atoms with Crippen molar-refractivity contribution in [2.45, 2.75) is 12.8 Å². The van der Waals surface area contributed by atoms with Gasteiger partial charge in [-0.1, -0.05) is 18.2 Å². The molecule has 1 nitrogen and oxygen atoms in total. The molecule has 0 radical (unpaired) electrons. The SMILES string of the molecule is C=CCc1sccc1N(c1ccsc1CC=C)c1c(F)cccc1F. The third-order valence-electron chi connectivity index (χ3n) is 3.75. The summed E-state index contributed by atoms with van der Waals surface area (Å²) >= 11 is 3.10. The summed E-state index contributed by atoms with van der Waals surface area (Å²) < 4.78 is 29.2. The number of hydrogen-bond acceptors (Lipinski definition) is 3. The van der Waals surface area contributed by atoms with Crippen molar-refractivity contribution >= 4 is 39.7 Å². The molecule has 0 unspecified atom stereocenters. The van der Waals surface area contributed by atoms with Crippen molar-refractivity contribution in [1.82, 2.24) is 0 Å². The molecule has 5 heteroatoms. The van der Waals surface area contributed by atoms with Crippen LogP contribution in [0.1, 0.15) is 9.75 Å². The van der Waals surface area contributed by atoms with Crippen LogP contribution >= 0.6 is 22.7 Å². The van der Waals surface area contributed by atoms with Crippen molar-refractivity contribution in [3.63, 3.8) is 0 Å². The Morgan fingerprint density at radius 3 is 1.76 bits per heavy atom. The Balaban J connectivity index is 2.25. The number of benzene rings is 1. The summed E-state index contributed by atoms with van der Waals surface area (Å²) in [5, 5.41) is 3.86. The topological polar surface area (TPSA) is 3.24 Å². The summed E-state index contributed by atoms with van der Waals surface area (Å²) in [4.78, 5) is 3.69. The minimum atomic E-state index is -0.591. The number of allylic oxidation sites excluding steroid dienone is 2. The van der Waals surface area contributed by atoms with Gasteiger partial charge in [-0.15, -0.1) is 35.8 Å². The van der Waals surface area contributed by atoms with Gasteiger partial charge in [0, 0.05) is 22.6 Å². The number of rotatable bonds is 7. The van der Waals surface area contributed by atoms with Crippen molar-refractivity contribution in [2.24, 2.45) is 0 Å². The monoisotopic (exact) mass is 373 g/mol. The first-order chi connectivity index (χ1) is 12.2. The Bertz CT molecular complexity index is 826. The van der Waals surface area contributed by atoms with E-state index in [0.717, 1.165) is 21.1 Å². The van der Waals surface area contributed by atoms with Crippen LogP contribution in [-0.2, 0) is 12.8 Å². The summed E-state index contributed by atoms with van der Waals surface area (Å²) in [6.45, 7) is 7.56. The van der Waals surface area contributed by atoms with Crippen molar-refractivity contribution < 1.29 is 8.78 Å². The first-order valence-electron chi connectivity index (χ1n) is 7.76. The van der Waals surface area contributed by atoms with Crippen LogP contribution in [0.15, 0.2) is 66.4 Å². The predicted octanol–water partition coefficient (Wildman–Crippen LogP) is 7.01. The molecule has 0 atom stereocenters. The maximum absolute atomic E-state index is 14.6. The second-order valence-corrected chi connectivity index (χ2v) is 7.35. The molecule has 25 heavy (non-hydrogen) atoms. The minimum absolute atomic E-state index is 0.0603. The Morgan fingerprint density at radius 1 is 0.840 bits per heavy atom. The fourth-order valence-electron chi connectivity index (χ4n) is 2.71. The van der Waals surface area contributed by atoms with Crippen molar-refractivity contribution in [2.75, 3.05) is 4.90 Å². The molecule has 0 aliphatic carbocycles. The van der Waals surface area contributed by atoms with Gasteiger partial charge in [-0.25, -0.2) is 8.78 Å². The molecule has 128 valence electrons. The van der Waals surface area contributed by atoms with Crippen molar-refractivity contribution in [1.29, 1.82) is 0 Å². The van der Waals surface area contributed by atoms with Crippen LogP contribution in [0.25, 0.3) is 0 Å². The molecule has 0 N–H and O–H groups in total. The van der Waals surface area contributed by atoms with Crippen LogP contribution in [0.3, 0.4) is 0 Å². The van der Waals surface area contributed by atoms with Crippen LogP contribution in [0.5, 0.6) is 0 Å². The summed E-state index contributed by atoms with van der Waals surface area (Å²) in [5.41, 5.74) is 1.49. The fraction of sp³-hybridized carbons (Fsp3) is 0.100. The zero-order chi connectivity index (χ0) is 17.8. The standard InChI is InChI=1S/C20H17F2NS2/c1-3-6-18-16(10-12-24-18)23(17-11-13-25-19(17)7-4-2)20-14(21)8-5-9-15(20)22/h3-5,8-13H,1-2,6-7H2. The van der Waals surface area contributed by atoms with E-state index >= 15 is 0 Å². The van der Waals surface area contributed by atoms with Crippen molar-refractivity contribution in [3.8, 4) is 0 Å². The van der Waals surface area contributed by atoms with Gasteiger partial charge < -0.3 is 4.90 Å². The minimum Gasteiger partial charge on any atom is -0.303 e. The van der Waals surface area contributed by atoms with Crippen LogP contribution in [0, 0.1) is 11.6 Å². The maximum Gasteiger partial charge on any atom is 0.150 e. The van der Waals surface area contributed by atoms with E-state index in [4.69, 9.17) is 0 Å². The molecule has 0 aliphatic heterocycles. The maximum atomic E-state index is 14.6. The van der Waals surface area contributed by atoms with Crippen LogP contribution in [0.4, 0.5) is 25.8 Å². The average Bonchev–Trinajstić information content (AvgIpc) is 3.22. The second-order valence-electron chi connectivity index (χ2n) is 5.35. The van der Waals surface area contributed by atoms with Gasteiger partial charge in [-0.05, 0) is 35.0 Å². The van der Waals surface area contributed by atoms with Crippen LogP contribution in [0.2, 0.25) is 0 Å². The fourth-order valence-corrected chi connectivity index (χ4v) is 4.42. The number of hydrogen-bond donors (Lipinski definition) is 0. The van der Waals surface area contributed by atoms with E-state index < -0.39 is 11.6 Å². The third kappa shape index (κ3) is 3.43. The van der Waals surface area contributed by atoms with Gasteiger partial charge in [0.1, 0.15) is 17.3 Å². The highest BCUT2D eigenvalue weighted by Crippen LogP contribution is 2.44. The molecule has 3 rings (SSSR count). The smallest absolute Gasteiger partial charge is 0.150 e. The molecule has 3 aromatic rings. The summed E-state index contributed by atoms with van der Waals surface area (Å²) in [6.07, 6.45) is 4.87. The predicted molar refractivity (Wildman–Crippen MR) is 105 cm³/mol. The van der Waals surface area contributed by atoms with E-state index in [9.17, 15) is 8.78 Å². The lowest BCUT2D eigenvalue weighted by Crippen LogP contribution is -2.14. The average molecular weight is 373 g/mol. The van der Waals surface area contributed by atoms with Crippen LogP contribution < -0.4 is 4.90 Å². The lowest BCUT2D eigenvalue weighted by Gasteiger charge is -2.26. The van der Waals surface area contributed by atoms with Crippen LogP contribution in [-0.4, -0.2) is 0 Å². The van der Waals surface area contributed by atoms with Gasteiger partial charge in [0.15, 0.2) is 0 Å². The number of nitrogens with zero attached hydrogens (tertiary/aromatic N) is 1. The Hall–Kier alpha value is -2.24. The second kappa shape index (κ2) is 7.76. The molecule has 0 spiro atoms. The molecule has 0 saturated carbocycles. The lowest BCUT2D eigenvalue weighted by molar-refractivity contribution is 0.585. The highest BCUT2D eigenvalue weighted by Gasteiger charge is 2.25. The van der Waals surface area contributed by atoms with Gasteiger partial charge in [-0.3, -0.25) is 0 Å². The quantitative estimate of drug-likeness (QED) is 0.402. The summed E-state index contributed by atoms with van der Waals surface area (Å²) in [7, 11) is 0. The largest absolute Gasteiger partial charge is 0.303 e. The van der Waals surface area contributed by atoms with E-state index in [-0.39, 0.29) is 5.69 Å². The lowest BCUT2D eigenvalue weighted by atomic mass is 10.1. The molecule has 2 aromatic heterocycles. The molecule has 0 fully saturated rings. The number of halogens is 2.